The molecule has 7 heteroatoms. The van der Waals surface area contributed by atoms with Gasteiger partial charge in [0.25, 0.3) is 5.56 Å². The van der Waals surface area contributed by atoms with E-state index < -0.39 is 0 Å². The van der Waals surface area contributed by atoms with Gasteiger partial charge in [-0.15, -0.1) is 11.3 Å². The van der Waals surface area contributed by atoms with E-state index in [1.165, 1.54) is 29.5 Å². The van der Waals surface area contributed by atoms with Crippen molar-refractivity contribution in [2.45, 2.75) is 43.9 Å². The first-order chi connectivity index (χ1) is 13.6. The number of esters is 1. The van der Waals surface area contributed by atoms with Crippen LogP contribution in [0.3, 0.4) is 0 Å². The Morgan fingerprint density at radius 1 is 1.32 bits per heavy atom. The number of hydrogen-bond donors (Lipinski definition) is 1. The predicted molar refractivity (Wildman–Crippen MR) is 114 cm³/mol. The molecule has 146 valence electrons. The lowest BCUT2D eigenvalue weighted by Crippen LogP contribution is -2.25. The SMILES string of the molecule is C[C@@H]1CCC[C@H](OC(=O)CSc2nc3scc(-c4ccccc4)c3c(=O)[nH]2)C1. The van der Waals surface area contributed by atoms with Gasteiger partial charge >= 0.3 is 5.97 Å². The van der Waals surface area contributed by atoms with Crippen molar-refractivity contribution in [2.24, 2.45) is 5.92 Å². The molecule has 2 aromatic heterocycles. The highest BCUT2D eigenvalue weighted by Crippen LogP contribution is 2.31. The fourth-order valence-corrected chi connectivity index (χ4v) is 5.31. The van der Waals surface area contributed by atoms with E-state index in [1.54, 1.807) is 0 Å². The van der Waals surface area contributed by atoms with E-state index in [0.29, 0.717) is 21.3 Å². The second-order valence-corrected chi connectivity index (χ2v) is 9.06. The molecule has 0 amide bonds. The molecule has 1 N–H and O–H groups in total. The van der Waals surface area contributed by atoms with Crippen molar-refractivity contribution < 1.29 is 9.53 Å². The Hall–Kier alpha value is -2.12. The van der Waals surface area contributed by atoms with E-state index in [1.807, 2.05) is 35.7 Å². The highest BCUT2D eigenvalue weighted by Gasteiger charge is 2.22. The van der Waals surface area contributed by atoms with E-state index in [0.717, 1.165) is 30.4 Å². The third kappa shape index (κ3) is 4.31. The topological polar surface area (TPSA) is 72.0 Å². The molecular formula is C21H22N2O3S2. The van der Waals surface area contributed by atoms with Gasteiger partial charge in [0.05, 0.1) is 11.1 Å². The summed E-state index contributed by atoms with van der Waals surface area (Å²) in [5.41, 5.74) is 1.70. The summed E-state index contributed by atoms with van der Waals surface area (Å²) in [5, 5.41) is 3.00. The first-order valence-corrected chi connectivity index (χ1v) is 11.4. The zero-order chi connectivity index (χ0) is 19.5. The van der Waals surface area contributed by atoms with Gasteiger partial charge in [-0.05, 0) is 30.7 Å². The zero-order valence-corrected chi connectivity index (χ0v) is 17.3. The van der Waals surface area contributed by atoms with Crippen LogP contribution in [-0.2, 0) is 9.53 Å². The van der Waals surface area contributed by atoms with Crippen LogP contribution in [0.1, 0.15) is 32.6 Å². The van der Waals surface area contributed by atoms with Crippen LogP contribution in [0.2, 0.25) is 0 Å². The highest BCUT2D eigenvalue weighted by atomic mass is 32.2. The number of nitrogens with one attached hydrogen (secondary N) is 1. The molecule has 0 saturated heterocycles. The Labute approximate surface area is 171 Å². The van der Waals surface area contributed by atoms with Crippen LogP contribution in [0.4, 0.5) is 0 Å². The maximum Gasteiger partial charge on any atom is 0.316 e. The van der Waals surface area contributed by atoms with Gasteiger partial charge in [-0.2, -0.15) is 0 Å². The summed E-state index contributed by atoms with van der Waals surface area (Å²) < 4.78 is 5.59. The van der Waals surface area contributed by atoms with Gasteiger partial charge in [0, 0.05) is 10.9 Å². The second-order valence-electron chi connectivity index (χ2n) is 7.24. The largest absolute Gasteiger partial charge is 0.462 e. The molecular weight excluding hydrogens is 392 g/mol. The molecule has 2 heterocycles. The molecule has 5 nitrogen and oxygen atoms in total. The van der Waals surface area contributed by atoms with Crippen LogP contribution < -0.4 is 5.56 Å². The smallest absolute Gasteiger partial charge is 0.316 e. The van der Waals surface area contributed by atoms with Gasteiger partial charge in [0.1, 0.15) is 10.9 Å². The number of nitrogens with zero attached hydrogens (tertiary/aromatic N) is 1. The minimum absolute atomic E-state index is 0.0251. The maximum absolute atomic E-state index is 12.6. The maximum atomic E-state index is 12.6. The fourth-order valence-electron chi connectivity index (χ4n) is 3.66. The number of H-pyrrole nitrogens is 1. The first kappa shape index (κ1) is 19.2. The summed E-state index contributed by atoms with van der Waals surface area (Å²) in [7, 11) is 0. The zero-order valence-electron chi connectivity index (χ0n) is 15.6. The van der Waals surface area contributed by atoms with E-state index in [9.17, 15) is 9.59 Å². The molecule has 1 aliphatic carbocycles. The number of benzene rings is 1. The summed E-state index contributed by atoms with van der Waals surface area (Å²) in [5.74, 6) is 0.510. The number of aromatic nitrogens is 2. The number of carbonyl (C=O) groups excluding carboxylic acids is 1. The Morgan fingerprint density at radius 2 is 2.14 bits per heavy atom. The molecule has 3 aromatic rings. The van der Waals surface area contributed by atoms with Crippen molar-refractivity contribution in [3.05, 3.63) is 46.1 Å². The molecule has 0 radical (unpaired) electrons. The third-order valence-electron chi connectivity index (χ3n) is 5.02. The van der Waals surface area contributed by atoms with Gasteiger partial charge in [-0.1, -0.05) is 55.4 Å². The Balaban J connectivity index is 1.45. The van der Waals surface area contributed by atoms with Gasteiger partial charge < -0.3 is 9.72 Å². The van der Waals surface area contributed by atoms with E-state index >= 15 is 0 Å². The molecule has 0 bridgehead atoms. The molecule has 1 saturated carbocycles. The van der Waals surface area contributed by atoms with Crippen LogP contribution in [0.5, 0.6) is 0 Å². The lowest BCUT2D eigenvalue weighted by atomic mass is 9.89. The number of hydrogen-bond acceptors (Lipinski definition) is 6. The monoisotopic (exact) mass is 414 g/mol. The average Bonchev–Trinajstić information content (AvgIpc) is 3.12. The van der Waals surface area contributed by atoms with Crippen LogP contribution in [-0.4, -0.2) is 27.8 Å². The molecule has 0 unspecified atom stereocenters. The minimum Gasteiger partial charge on any atom is -0.462 e. The molecule has 0 aliphatic heterocycles. The second kappa shape index (κ2) is 8.49. The number of ether oxygens (including phenoxy) is 1. The van der Waals surface area contributed by atoms with Crippen molar-refractivity contribution in [1.82, 2.24) is 9.97 Å². The molecule has 1 aromatic carbocycles. The van der Waals surface area contributed by atoms with E-state index in [4.69, 9.17) is 4.74 Å². The number of rotatable bonds is 5. The Kier molecular flexibility index (Phi) is 5.82. The summed E-state index contributed by atoms with van der Waals surface area (Å²) in [6.07, 6.45) is 4.23. The number of thiophene rings is 1. The van der Waals surface area contributed by atoms with Crippen molar-refractivity contribution in [2.75, 3.05) is 5.75 Å². The van der Waals surface area contributed by atoms with Crippen LogP contribution in [0.15, 0.2) is 45.7 Å². The molecule has 4 rings (SSSR count). The standard InChI is InChI=1S/C21H22N2O3S2/c1-13-6-5-9-15(10-13)26-17(24)12-28-21-22-19(25)18-16(11-27-20(18)23-21)14-7-3-2-4-8-14/h2-4,7-8,11,13,15H,5-6,9-10,12H2,1H3,(H,22,23,25)/t13-,15+/m1/s1. The van der Waals surface area contributed by atoms with Gasteiger partial charge in [0.15, 0.2) is 5.16 Å². The predicted octanol–water partition coefficient (Wildman–Crippen LogP) is 4.87. The summed E-state index contributed by atoms with van der Waals surface area (Å²) in [6, 6.07) is 9.80. The lowest BCUT2D eigenvalue weighted by Gasteiger charge is -2.26. The lowest BCUT2D eigenvalue weighted by molar-refractivity contribution is -0.147. The number of carbonyl (C=O) groups is 1. The average molecular weight is 415 g/mol. The third-order valence-corrected chi connectivity index (χ3v) is 6.74. The summed E-state index contributed by atoms with van der Waals surface area (Å²) in [4.78, 5) is 32.8. The van der Waals surface area contributed by atoms with Crippen LogP contribution >= 0.6 is 23.1 Å². The molecule has 28 heavy (non-hydrogen) atoms. The van der Waals surface area contributed by atoms with Crippen molar-refractivity contribution in [1.29, 1.82) is 0 Å². The molecule has 0 spiro atoms. The van der Waals surface area contributed by atoms with Crippen molar-refractivity contribution >= 4 is 39.3 Å². The summed E-state index contributed by atoms with van der Waals surface area (Å²) in [6.45, 7) is 2.20. The van der Waals surface area contributed by atoms with E-state index in [2.05, 4.69) is 16.9 Å². The van der Waals surface area contributed by atoms with Crippen LogP contribution in [0.25, 0.3) is 21.3 Å². The Bertz CT molecular complexity index is 1030. The highest BCUT2D eigenvalue weighted by molar-refractivity contribution is 7.99. The summed E-state index contributed by atoms with van der Waals surface area (Å²) >= 11 is 2.66. The Morgan fingerprint density at radius 3 is 2.93 bits per heavy atom. The number of aromatic amines is 1. The molecule has 2 atom stereocenters. The number of fused-ring (bicyclic) bond motifs is 1. The minimum atomic E-state index is -0.247. The normalized spacial score (nSPS) is 19.6. The van der Waals surface area contributed by atoms with Gasteiger partial charge in [-0.25, -0.2) is 4.98 Å². The van der Waals surface area contributed by atoms with Crippen molar-refractivity contribution in [3.8, 4) is 11.1 Å². The van der Waals surface area contributed by atoms with Crippen molar-refractivity contribution in [3.63, 3.8) is 0 Å². The quantitative estimate of drug-likeness (QED) is 0.366. The number of thioether (sulfide) groups is 1. The molecule has 1 aliphatic rings. The van der Waals surface area contributed by atoms with Gasteiger partial charge in [-0.3, -0.25) is 9.59 Å². The van der Waals surface area contributed by atoms with E-state index in [-0.39, 0.29) is 23.4 Å². The molecule has 1 fully saturated rings. The fraction of sp³-hybridized carbons (Fsp3) is 0.381. The van der Waals surface area contributed by atoms with Crippen LogP contribution in [0, 0.1) is 5.92 Å². The first-order valence-electron chi connectivity index (χ1n) is 9.49. The van der Waals surface area contributed by atoms with Gasteiger partial charge in [0.2, 0.25) is 0 Å².